The van der Waals surface area contributed by atoms with E-state index in [-0.39, 0.29) is 17.2 Å². The molecule has 1 amide bonds. The average Bonchev–Trinajstić information content (AvgIpc) is 3.62. The molecule has 0 unspecified atom stereocenters. The molecule has 2 fully saturated rings. The van der Waals surface area contributed by atoms with Crippen molar-refractivity contribution < 1.29 is 9.90 Å². The summed E-state index contributed by atoms with van der Waals surface area (Å²) in [7, 11) is 2.07. The summed E-state index contributed by atoms with van der Waals surface area (Å²) >= 11 is 0. The maximum absolute atomic E-state index is 12.3. The molecule has 1 saturated carbocycles. The molecule has 1 aromatic carbocycles. The van der Waals surface area contributed by atoms with Crippen LogP contribution in [0.2, 0.25) is 0 Å². The molecule has 1 aliphatic carbocycles. The number of likely N-dealkylation sites (tertiary alicyclic amines) is 1. The van der Waals surface area contributed by atoms with Crippen molar-refractivity contribution in [1.29, 1.82) is 0 Å². The maximum Gasteiger partial charge on any atom is 0.224 e. The molecule has 180 valence electrons. The van der Waals surface area contributed by atoms with Crippen molar-refractivity contribution in [2.24, 2.45) is 11.3 Å². The number of rotatable bonds is 6. The predicted octanol–water partition coefficient (Wildman–Crippen LogP) is 4.05. The van der Waals surface area contributed by atoms with E-state index in [2.05, 4.69) is 67.0 Å². The number of pyridine rings is 1. The predicted molar refractivity (Wildman–Crippen MR) is 135 cm³/mol. The summed E-state index contributed by atoms with van der Waals surface area (Å²) in [5.41, 5.74) is 1.39. The molecular weight excluding hydrogens is 422 g/mol. The van der Waals surface area contributed by atoms with Crippen molar-refractivity contribution in [2.75, 3.05) is 20.1 Å². The third kappa shape index (κ3) is 4.76. The van der Waals surface area contributed by atoms with Gasteiger partial charge in [0.1, 0.15) is 5.60 Å². The maximum atomic E-state index is 12.3. The van der Waals surface area contributed by atoms with E-state index in [9.17, 15) is 9.90 Å². The van der Waals surface area contributed by atoms with Gasteiger partial charge in [0.25, 0.3) is 0 Å². The molecule has 0 spiro atoms. The monoisotopic (exact) mass is 459 g/mol. The third-order valence-electron chi connectivity index (χ3n) is 7.17. The molecule has 5 nitrogen and oxygen atoms in total. The lowest BCUT2D eigenvalue weighted by Gasteiger charge is -2.55. The molecule has 2 N–H and O–H groups in total. The van der Waals surface area contributed by atoms with E-state index in [1.807, 2.05) is 32.0 Å². The molecule has 2 aliphatic rings. The Kier molecular flexibility index (Phi) is 6.35. The van der Waals surface area contributed by atoms with Gasteiger partial charge in [-0.15, -0.1) is 0 Å². The molecular formula is C29H37N3O2. The fraction of sp³-hybridized carbons (Fsp3) is 0.517. The molecule has 2 aromatic rings. The molecule has 2 heterocycles. The van der Waals surface area contributed by atoms with Crippen LogP contribution in [0, 0.1) is 23.2 Å². The number of hydrogen-bond acceptors (Lipinski definition) is 4. The Balaban J connectivity index is 1.68. The molecule has 4 rings (SSSR count). The van der Waals surface area contributed by atoms with Gasteiger partial charge in [0.15, 0.2) is 0 Å². The van der Waals surface area contributed by atoms with Crippen LogP contribution < -0.4 is 5.32 Å². The van der Waals surface area contributed by atoms with Crippen LogP contribution in [-0.4, -0.2) is 46.6 Å². The number of aromatic nitrogens is 1. The summed E-state index contributed by atoms with van der Waals surface area (Å²) in [6.45, 7) is 11.9. The highest BCUT2D eigenvalue weighted by Crippen LogP contribution is 2.50. The largest absolute Gasteiger partial charge is 0.380 e. The van der Waals surface area contributed by atoms with E-state index in [0.717, 1.165) is 42.6 Å². The molecule has 0 bridgehead atoms. The first-order valence-electron chi connectivity index (χ1n) is 12.3. The van der Waals surface area contributed by atoms with Crippen molar-refractivity contribution in [3.05, 3.63) is 65.0 Å². The summed E-state index contributed by atoms with van der Waals surface area (Å²) in [4.78, 5) is 18.9. The van der Waals surface area contributed by atoms with Gasteiger partial charge in [-0.1, -0.05) is 56.9 Å². The number of carbonyl (C=O) groups is 1. The molecule has 1 aromatic heterocycles. The van der Waals surface area contributed by atoms with E-state index >= 15 is 0 Å². The number of benzene rings is 1. The molecule has 0 radical (unpaired) electrons. The standard InChI is InChI=1S/C29H37N3O2/c1-20(2)22-9-11-24(12-10-22)29(34,28(5)18-32(6)19-28)25-15-21(16-30-17-25)13-14-27(3,4)31-26(33)23-7-8-23/h9-12,15-17,20,23,34H,7-8,18-19H2,1-6H3,(H,31,33)/t29-/m0/s1. The minimum absolute atomic E-state index is 0.0763. The van der Waals surface area contributed by atoms with Crippen LogP contribution in [0.15, 0.2) is 42.7 Å². The first-order valence-corrected chi connectivity index (χ1v) is 12.3. The summed E-state index contributed by atoms with van der Waals surface area (Å²) in [6.07, 6.45) is 5.40. The minimum Gasteiger partial charge on any atom is -0.380 e. The van der Waals surface area contributed by atoms with Gasteiger partial charge >= 0.3 is 0 Å². The molecule has 34 heavy (non-hydrogen) atoms. The quantitative estimate of drug-likeness (QED) is 0.640. The Morgan fingerprint density at radius 2 is 1.82 bits per heavy atom. The van der Waals surface area contributed by atoms with Gasteiger partial charge in [-0.05, 0) is 56.8 Å². The number of aliphatic hydroxyl groups is 1. The van der Waals surface area contributed by atoms with Crippen molar-refractivity contribution >= 4 is 5.91 Å². The second-order valence-electron chi connectivity index (χ2n) is 11.3. The highest BCUT2D eigenvalue weighted by Gasteiger charge is 2.55. The van der Waals surface area contributed by atoms with Crippen LogP contribution in [-0.2, 0) is 10.4 Å². The van der Waals surface area contributed by atoms with Gasteiger partial charge in [0, 0.05) is 47.9 Å². The third-order valence-corrected chi connectivity index (χ3v) is 7.17. The molecule has 1 atom stereocenters. The number of nitrogens with one attached hydrogen (secondary N) is 1. The number of hydrogen-bond donors (Lipinski definition) is 2. The van der Waals surface area contributed by atoms with Crippen molar-refractivity contribution in [3.63, 3.8) is 0 Å². The van der Waals surface area contributed by atoms with E-state index in [1.165, 1.54) is 5.56 Å². The van der Waals surface area contributed by atoms with Crippen molar-refractivity contribution in [2.45, 2.75) is 64.5 Å². The highest BCUT2D eigenvalue weighted by atomic mass is 16.3. The first kappa shape index (κ1) is 24.4. The van der Waals surface area contributed by atoms with Crippen LogP contribution in [0.3, 0.4) is 0 Å². The zero-order chi connectivity index (χ0) is 24.7. The summed E-state index contributed by atoms with van der Waals surface area (Å²) in [6, 6.07) is 10.3. The average molecular weight is 460 g/mol. The van der Waals surface area contributed by atoms with Gasteiger partial charge in [-0.25, -0.2) is 0 Å². The normalized spacial score (nSPS) is 19.5. The minimum atomic E-state index is -1.20. The van der Waals surface area contributed by atoms with Crippen LogP contribution >= 0.6 is 0 Å². The fourth-order valence-electron chi connectivity index (χ4n) is 5.07. The molecule has 5 heteroatoms. The topological polar surface area (TPSA) is 65.5 Å². The number of carbonyl (C=O) groups excluding carboxylic acids is 1. The van der Waals surface area contributed by atoms with Crippen molar-refractivity contribution in [3.8, 4) is 11.8 Å². The van der Waals surface area contributed by atoms with E-state index in [0.29, 0.717) is 5.92 Å². The molecule has 1 aliphatic heterocycles. The molecule has 1 saturated heterocycles. The van der Waals surface area contributed by atoms with Gasteiger partial charge in [0.05, 0.1) is 5.54 Å². The Morgan fingerprint density at radius 3 is 2.38 bits per heavy atom. The Labute approximate surface area is 204 Å². The van der Waals surface area contributed by atoms with Crippen LogP contribution in [0.5, 0.6) is 0 Å². The smallest absolute Gasteiger partial charge is 0.224 e. The van der Waals surface area contributed by atoms with Gasteiger partial charge < -0.3 is 15.3 Å². The lowest BCUT2D eigenvalue weighted by Crippen LogP contribution is -2.63. The van der Waals surface area contributed by atoms with Crippen LogP contribution in [0.1, 0.15) is 75.6 Å². The Hall–Kier alpha value is -2.68. The zero-order valence-corrected chi connectivity index (χ0v) is 21.3. The number of amides is 1. The van der Waals surface area contributed by atoms with E-state index in [4.69, 9.17) is 0 Å². The Morgan fingerprint density at radius 1 is 1.18 bits per heavy atom. The first-order chi connectivity index (χ1) is 15.9. The van der Waals surface area contributed by atoms with Crippen molar-refractivity contribution in [1.82, 2.24) is 15.2 Å². The summed E-state index contributed by atoms with van der Waals surface area (Å²) < 4.78 is 0. The second-order valence-corrected chi connectivity index (χ2v) is 11.3. The van der Waals surface area contributed by atoms with Crippen LogP contribution in [0.25, 0.3) is 0 Å². The van der Waals surface area contributed by atoms with Gasteiger partial charge in [0.2, 0.25) is 5.91 Å². The second kappa shape index (κ2) is 8.83. The summed E-state index contributed by atoms with van der Waals surface area (Å²) in [5.74, 6) is 7.02. The van der Waals surface area contributed by atoms with E-state index in [1.54, 1.807) is 12.4 Å². The van der Waals surface area contributed by atoms with Gasteiger partial charge in [-0.2, -0.15) is 0 Å². The lowest BCUT2D eigenvalue weighted by atomic mass is 9.62. The van der Waals surface area contributed by atoms with Gasteiger partial charge in [-0.3, -0.25) is 9.78 Å². The fourth-order valence-corrected chi connectivity index (χ4v) is 5.07. The zero-order valence-electron chi connectivity index (χ0n) is 21.3. The number of nitrogens with zero attached hydrogens (tertiary/aromatic N) is 2. The SMILES string of the molecule is CC(C)c1ccc([C@](O)(c2cncc(C#CC(C)(C)NC(=O)C3CC3)c2)C2(C)CN(C)C2)cc1. The van der Waals surface area contributed by atoms with E-state index < -0.39 is 11.1 Å². The lowest BCUT2D eigenvalue weighted by molar-refractivity contribution is -0.127. The summed E-state index contributed by atoms with van der Waals surface area (Å²) in [5, 5.41) is 15.4. The van der Waals surface area contributed by atoms with Crippen LogP contribution in [0.4, 0.5) is 0 Å². The highest BCUT2D eigenvalue weighted by molar-refractivity contribution is 5.82. The Bertz CT molecular complexity index is 1120.